The van der Waals surface area contributed by atoms with Crippen LogP contribution in [-0.2, 0) is 31.0 Å². The lowest BCUT2D eigenvalue weighted by Gasteiger charge is -2.32. The molecule has 2 aliphatic heterocycles. The first kappa shape index (κ1) is 42.5. The number of fused-ring (bicyclic) bond motifs is 1. The largest absolute Gasteiger partial charge is 0.490 e. The second-order valence-corrected chi connectivity index (χ2v) is 14.0. The lowest BCUT2D eigenvalue weighted by Crippen LogP contribution is -2.53. The first-order valence-corrected chi connectivity index (χ1v) is 17.3. The Morgan fingerprint density at radius 3 is 2.10 bits per heavy atom. The number of carbonyl (C=O) groups excluding carboxylic acids is 1. The number of para-hydroxylation sites is 1. The van der Waals surface area contributed by atoms with Gasteiger partial charge >= 0.3 is 24.3 Å². The van der Waals surface area contributed by atoms with E-state index >= 15 is 0 Å². The van der Waals surface area contributed by atoms with Crippen LogP contribution in [0.2, 0.25) is 10.0 Å². The molecule has 2 fully saturated rings. The summed E-state index contributed by atoms with van der Waals surface area (Å²) in [4.78, 5) is 37.3. The first-order valence-electron chi connectivity index (χ1n) is 15.2. The van der Waals surface area contributed by atoms with Gasteiger partial charge in [0, 0.05) is 54.4 Å². The zero-order valence-corrected chi connectivity index (χ0v) is 29.6. The van der Waals surface area contributed by atoms with Gasteiger partial charge < -0.3 is 25.2 Å². The van der Waals surface area contributed by atoms with E-state index in [-0.39, 0.29) is 29.0 Å². The van der Waals surface area contributed by atoms with Crippen LogP contribution in [0.1, 0.15) is 29.7 Å². The van der Waals surface area contributed by atoms with Crippen molar-refractivity contribution >= 4 is 62.0 Å². The van der Waals surface area contributed by atoms with E-state index in [2.05, 4.69) is 10.3 Å². The number of nitrogens with one attached hydrogen (secondary N) is 1. The fourth-order valence-corrected chi connectivity index (χ4v) is 7.74. The normalized spacial score (nSPS) is 16.7. The number of aliphatic carboxylic acids is 2. The van der Waals surface area contributed by atoms with Crippen molar-refractivity contribution < 1.29 is 64.1 Å². The topological polar surface area (TPSA) is 166 Å². The summed E-state index contributed by atoms with van der Waals surface area (Å²) in [6.07, 6.45) is -9.08. The number of carboxylic acid groups (broad SMARTS) is 2. The minimum atomic E-state index is -5.08. The number of benzene rings is 2. The van der Waals surface area contributed by atoms with Gasteiger partial charge in [0.2, 0.25) is 15.9 Å². The van der Waals surface area contributed by atoms with Gasteiger partial charge in [-0.3, -0.25) is 4.79 Å². The van der Waals surface area contributed by atoms with Gasteiger partial charge in [0.15, 0.2) is 0 Å². The summed E-state index contributed by atoms with van der Waals surface area (Å²) in [7, 11) is -4.06. The highest BCUT2D eigenvalue weighted by molar-refractivity contribution is 7.89. The molecule has 12 nitrogen and oxygen atoms in total. The molecule has 21 heteroatoms. The maximum Gasteiger partial charge on any atom is 0.490 e. The first-order chi connectivity index (χ1) is 24.1. The molecule has 0 bridgehead atoms. The molecule has 0 aliphatic carbocycles. The summed E-state index contributed by atoms with van der Waals surface area (Å²) in [5.41, 5.74) is 3.02. The molecule has 0 saturated carbocycles. The molecule has 3 heterocycles. The molecule has 0 unspecified atom stereocenters. The quantitative estimate of drug-likeness (QED) is 0.268. The molecule has 2 aromatic carbocycles. The van der Waals surface area contributed by atoms with Crippen molar-refractivity contribution in [2.75, 3.05) is 32.7 Å². The van der Waals surface area contributed by atoms with E-state index in [0.717, 1.165) is 16.6 Å². The van der Waals surface area contributed by atoms with Gasteiger partial charge in [-0.1, -0.05) is 35.3 Å². The predicted molar refractivity (Wildman–Crippen MR) is 176 cm³/mol. The number of ether oxygens (including phenoxy) is 1. The van der Waals surface area contributed by atoms with Gasteiger partial charge in [0.05, 0.1) is 5.02 Å². The van der Waals surface area contributed by atoms with Crippen LogP contribution in [0.15, 0.2) is 41.3 Å². The number of amides is 1. The van der Waals surface area contributed by atoms with Crippen LogP contribution >= 0.6 is 23.2 Å². The van der Waals surface area contributed by atoms with Crippen molar-refractivity contribution in [1.29, 1.82) is 0 Å². The number of sulfonamides is 1. The molecule has 52 heavy (non-hydrogen) atoms. The third-order valence-electron chi connectivity index (χ3n) is 7.65. The fourth-order valence-electron chi connectivity index (χ4n) is 5.23. The molecule has 0 spiro atoms. The van der Waals surface area contributed by atoms with Gasteiger partial charge in [-0.25, -0.2) is 23.0 Å². The van der Waals surface area contributed by atoms with E-state index < -0.39 is 40.4 Å². The van der Waals surface area contributed by atoms with Crippen LogP contribution in [-0.4, -0.2) is 102 Å². The molecular weight excluding hydrogens is 773 g/mol. The molecule has 1 amide bonds. The fraction of sp³-hybridized carbons (Fsp3) is 0.419. The number of pyridine rings is 1. The second-order valence-electron chi connectivity index (χ2n) is 11.3. The number of carboxylic acids is 2. The Labute approximate surface area is 303 Å². The maximum absolute atomic E-state index is 13.8. The predicted octanol–water partition coefficient (Wildman–Crippen LogP) is 5.59. The number of piperazine rings is 1. The smallest absolute Gasteiger partial charge is 0.487 e. The molecule has 1 aromatic heterocycles. The summed E-state index contributed by atoms with van der Waals surface area (Å²) in [5, 5.41) is 18.7. The standard InChI is InChI=1S/C27H30Cl2N4O4S.2C2HF3O2/c1-17-15-18(2)31-26-19(17)5-3-7-23(26)37-16-20-21(28)8-9-24(25(20)29)38(35,36)33-12-4-6-22(33)27(34)32-13-10-30-11-14-32;2*3-2(4,5)1(6)7/h3,5,7-9,15,22,30H,4,6,10-14,16H2,1-2H3;2*(H,6,7)/t22-;;/m0../s1. The van der Waals surface area contributed by atoms with Crippen molar-refractivity contribution in [1.82, 2.24) is 19.5 Å². The van der Waals surface area contributed by atoms with Crippen LogP contribution < -0.4 is 10.1 Å². The number of hydrogen-bond donors (Lipinski definition) is 3. The number of hydrogen-bond acceptors (Lipinski definition) is 8. The van der Waals surface area contributed by atoms with Crippen molar-refractivity contribution in [3.8, 4) is 5.75 Å². The van der Waals surface area contributed by atoms with E-state index in [4.69, 9.17) is 47.7 Å². The Morgan fingerprint density at radius 1 is 0.962 bits per heavy atom. The van der Waals surface area contributed by atoms with Gasteiger partial charge in [-0.15, -0.1) is 0 Å². The zero-order chi connectivity index (χ0) is 39.2. The number of nitrogens with zero attached hydrogens (tertiary/aromatic N) is 3. The van der Waals surface area contributed by atoms with Crippen molar-refractivity contribution in [3.05, 3.63) is 63.3 Å². The van der Waals surface area contributed by atoms with Crippen LogP contribution in [0.4, 0.5) is 26.3 Å². The number of aromatic nitrogens is 1. The Bertz CT molecular complexity index is 1880. The Morgan fingerprint density at radius 2 is 1.54 bits per heavy atom. The van der Waals surface area contributed by atoms with E-state index in [9.17, 15) is 39.6 Å². The van der Waals surface area contributed by atoms with E-state index in [0.29, 0.717) is 60.9 Å². The molecule has 2 saturated heterocycles. The van der Waals surface area contributed by atoms with Crippen molar-refractivity contribution in [2.24, 2.45) is 0 Å². The Hall–Kier alpha value is -3.91. The minimum Gasteiger partial charge on any atom is -0.487 e. The summed E-state index contributed by atoms with van der Waals surface area (Å²) in [6.45, 7) is 6.67. The summed E-state index contributed by atoms with van der Waals surface area (Å²) in [6, 6.07) is 9.86. The summed E-state index contributed by atoms with van der Waals surface area (Å²) in [5.74, 6) is -5.12. The lowest BCUT2D eigenvalue weighted by atomic mass is 10.1. The van der Waals surface area contributed by atoms with E-state index in [1.165, 1.54) is 16.4 Å². The molecule has 286 valence electrons. The zero-order valence-electron chi connectivity index (χ0n) is 27.3. The van der Waals surface area contributed by atoms with Gasteiger partial charge in [-0.2, -0.15) is 30.6 Å². The molecule has 2 aliphatic rings. The number of carbonyl (C=O) groups is 3. The van der Waals surface area contributed by atoms with Crippen molar-refractivity contribution in [3.63, 3.8) is 0 Å². The van der Waals surface area contributed by atoms with Gasteiger partial charge in [-0.05, 0) is 56.5 Å². The van der Waals surface area contributed by atoms with Gasteiger partial charge in [0.25, 0.3) is 0 Å². The van der Waals surface area contributed by atoms with E-state index in [1.807, 2.05) is 38.1 Å². The minimum absolute atomic E-state index is 0.00155. The third-order valence-corrected chi connectivity index (χ3v) is 10.5. The van der Waals surface area contributed by atoms with Crippen LogP contribution in [0.3, 0.4) is 0 Å². The molecule has 1 atom stereocenters. The Kier molecular flexibility index (Phi) is 14.1. The monoisotopic (exact) mass is 804 g/mol. The molecular formula is C31H32Cl2F6N4O8S. The van der Waals surface area contributed by atoms with Gasteiger partial charge in [0.1, 0.15) is 28.8 Å². The molecule has 3 aromatic rings. The highest BCUT2D eigenvalue weighted by Gasteiger charge is 2.42. The van der Waals surface area contributed by atoms with Crippen LogP contribution in [0, 0.1) is 13.8 Å². The SMILES string of the molecule is Cc1cc(C)c2cccc(OCc3c(Cl)ccc(S(=O)(=O)N4CCC[C@H]4C(=O)N4CCNCC4)c3Cl)c2n1.O=C(O)C(F)(F)F.O=C(O)C(F)(F)F. The average molecular weight is 806 g/mol. The van der Waals surface area contributed by atoms with Crippen molar-refractivity contribution in [2.45, 2.75) is 56.6 Å². The second kappa shape index (κ2) is 17.3. The summed E-state index contributed by atoms with van der Waals surface area (Å²) >= 11 is 13.2. The maximum atomic E-state index is 13.8. The molecule has 5 rings (SSSR count). The number of halogens is 8. The Balaban J connectivity index is 0.000000441. The third kappa shape index (κ3) is 10.6. The molecule has 3 N–H and O–H groups in total. The highest BCUT2D eigenvalue weighted by Crippen LogP contribution is 2.37. The van der Waals surface area contributed by atoms with Crippen LogP contribution in [0.25, 0.3) is 10.9 Å². The summed E-state index contributed by atoms with van der Waals surface area (Å²) < 4.78 is 98.5. The number of rotatable bonds is 6. The average Bonchev–Trinajstić information content (AvgIpc) is 3.56. The molecule has 0 radical (unpaired) electrons. The number of aryl methyl sites for hydroxylation is 2. The lowest BCUT2D eigenvalue weighted by molar-refractivity contribution is -0.193. The highest BCUT2D eigenvalue weighted by atomic mass is 35.5. The van der Waals surface area contributed by atoms with Crippen LogP contribution in [0.5, 0.6) is 5.75 Å². The number of alkyl halides is 6. The van der Waals surface area contributed by atoms with E-state index in [1.54, 1.807) is 4.90 Å².